The third-order valence-corrected chi connectivity index (χ3v) is 5.79. The van der Waals surface area contributed by atoms with Crippen molar-refractivity contribution in [2.24, 2.45) is 0 Å². The number of sulfonamides is 1. The molecule has 6 nitrogen and oxygen atoms in total. The molecule has 1 fully saturated rings. The molecule has 0 bridgehead atoms. The standard InChI is InChI=1S/C15H22N2O4S/c1-11-8-9-12(10-14(11)22(19,20)17(2)3)15(18)16-21-13-6-4-5-7-13/h8-10,13H,4-7H2,1-3H3,(H,16,18). The molecular formula is C15H22N2O4S. The van der Waals surface area contributed by atoms with Gasteiger partial charge in [-0.25, -0.2) is 18.2 Å². The lowest BCUT2D eigenvalue weighted by Gasteiger charge is -2.15. The molecule has 1 amide bonds. The highest BCUT2D eigenvalue weighted by Crippen LogP contribution is 2.21. The topological polar surface area (TPSA) is 75.7 Å². The van der Waals surface area contributed by atoms with Crippen molar-refractivity contribution < 1.29 is 18.0 Å². The van der Waals surface area contributed by atoms with Gasteiger partial charge in [-0.2, -0.15) is 0 Å². The predicted molar refractivity (Wildman–Crippen MR) is 82.9 cm³/mol. The van der Waals surface area contributed by atoms with Crippen molar-refractivity contribution in [3.05, 3.63) is 29.3 Å². The normalized spacial score (nSPS) is 16.2. The third-order valence-electron chi connectivity index (χ3n) is 3.83. The lowest BCUT2D eigenvalue weighted by Crippen LogP contribution is -2.29. The Morgan fingerprint density at radius 1 is 1.27 bits per heavy atom. The molecule has 7 heteroatoms. The van der Waals surface area contributed by atoms with E-state index in [9.17, 15) is 13.2 Å². The number of carbonyl (C=O) groups is 1. The molecule has 0 radical (unpaired) electrons. The first kappa shape index (κ1) is 16.9. The second-order valence-corrected chi connectivity index (χ2v) is 7.84. The Labute approximate surface area is 131 Å². The lowest BCUT2D eigenvalue weighted by atomic mass is 10.1. The number of amides is 1. The molecule has 0 unspecified atom stereocenters. The summed E-state index contributed by atoms with van der Waals surface area (Å²) in [7, 11) is -0.656. The van der Waals surface area contributed by atoms with Crippen molar-refractivity contribution in [2.75, 3.05) is 14.1 Å². The molecule has 0 heterocycles. The van der Waals surface area contributed by atoms with Gasteiger partial charge in [0.25, 0.3) is 5.91 Å². The van der Waals surface area contributed by atoms with E-state index in [4.69, 9.17) is 4.84 Å². The minimum atomic E-state index is -3.58. The minimum Gasteiger partial charge on any atom is -0.270 e. The van der Waals surface area contributed by atoms with Crippen molar-refractivity contribution in [3.63, 3.8) is 0 Å². The van der Waals surface area contributed by atoms with E-state index in [1.165, 1.54) is 20.2 Å². The molecule has 0 saturated heterocycles. The van der Waals surface area contributed by atoms with E-state index in [0.717, 1.165) is 30.0 Å². The Morgan fingerprint density at radius 3 is 2.50 bits per heavy atom. The highest BCUT2D eigenvalue weighted by molar-refractivity contribution is 7.89. The zero-order valence-electron chi connectivity index (χ0n) is 13.1. The van der Waals surface area contributed by atoms with Gasteiger partial charge in [0.1, 0.15) is 0 Å². The summed E-state index contributed by atoms with van der Waals surface area (Å²) < 4.78 is 25.6. The maximum Gasteiger partial charge on any atom is 0.274 e. The van der Waals surface area contributed by atoms with Gasteiger partial charge in [-0.1, -0.05) is 18.9 Å². The van der Waals surface area contributed by atoms with Gasteiger partial charge >= 0.3 is 0 Å². The number of carbonyl (C=O) groups excluding carboxylic acids is 1. The van der Waals surface area contributed by atoms with Gasteiger partial charge in [-0.05, 0) is 37.5 Å². The van der Waals surface area contributed by atoms with Crippen LogP contribution >= 0.6 is 0 Å². The molecule has 22 heavy (non-hydrogen) atoms. The van der Waals surface area contributed by atoms with E-state index >= 15 is 0 Å². The van der Waals surface area contributed by atoms with Crippen LogP contribution < -0.4 is 5.48 Å². The molecule has 0 spiro atoms. The Morgan fingerprint density at radius 2 is 1.91 bits per heavy atom. The van der Waals surface area contributed by atoms with Crippen molar-refractivity contribution in [1.29, 1.82) is 0 Å². The molecule has 1 aliphatic carbocycles. The Bertz CT molecular complexity index is 650. The van der Waals surface area contributed by atoms with Crippen molar-refractivity contribution >= 4 is 15.9 Å². The van der Waals surface area contributed by atoms with Crippen LogP contribution in [0.1, 0.15) is 41.6 Å². The zero-order valence-corrected chi connectivity index (χ0v) is 13.9. The van der Waals surface area contributed by atoms with E-state index in [-0.39, 0.29) is 16.6 Å². The highest BCUT2D eigenvalue weighted by atomic mass is 32.2. The fourth-order valence-corrected chi connectivity index (χ4v) is 3.56. The predicted octanol–water partition coefficient (Wildman–Crippen LogP) is 1.85. The second kappa shape index (κ2) is 6.76. The van der Waals surface area contributed by atoms with E-state index in [2.05, 4.69) is 5.48 Å². The first-order valence-electron chi connectivity index (χ1n) is 7.31. The summed E-state index contributed by atoms with van der Waals surface area (Å²) >= 11 is 0. The van der Waals surface area contributed by atoms with Crippen LogP contribution in [0.2, 0.25) is 0 Å². The number of aryl methyl sites for hydroxylation is 1. The van der Waals surface area contributed by atoms with Gasteiger partial charge in [-0.15, -0.1) is 0 Å². The summed E-state index contributed by atoms with van der Waals surface area (Å²) in [6.07, 6.45) is 4.15. The molecule has 0 aromatic heterocycles. The average molecular weight is 326 g/mol. The molecule has 1 aliphatic rings. The molecular weight excluding hydrogens is 304 g/mol. The van der Waals surface area contributed by atoms with Crippen LogP contribution in [0.15, 0.2) is 23.1 Å². The smallest absolute Gasteiger partial charge is 0.270 e. The van der Waals surface area contributed by atoms with Crippen LogP contribution in [0.5, 0.6) is 0 Å². The summed E-state index contributed by atoms with van der Waals surface area (Å²) in [5.74, 6) is -0.429. The SMILES string of the molecule is Cc1ccc(C(=O)NOC2CCCC2)cc1S(=O)(=O)N(C)C. The van der Waals surface area contributed by atoms with Crippen molar-refractivity contribution in [2.45, 2.75) is 43.6 Å². The van der Waals surface area contributed by atoms with Crippen LogP contribution in [0.25, 0.3) is 0 Å². The Kier molecular flexibility index (Phi) is 5.20. The largest absolute Gasteiger partial charge is 0.274 e. The fraction of sp³-hybridized carbons (Fsp3) is 0.533. The number of hydrogen-bond donors (Lipinski definition) is 1. The highest BCUT2D eigenvalue weighted by Gasteiger charge is 2.22. The number of benzene rings is 1. The van der Waals surface area contributed by atoms with E-state index in [1.807, 2.05) is 0 Å². The molecule has 1 aromatic carbocycles. The molecule has 1 aromatic rings. The van der Waals surface area contributed by atoms with Crippen LogP contribution in [-0.4, -0.2) is 38.8 Å². The number of hydrogen-bond acceptors (Lipinski definition) is 4. The maximum absolute atomic E-state index is 12.3. The summed E-state index contributed by atoms with van der Waals surface area (Å²) in [4.78, 5) is 17.6. The van der Waals surface area contributed by atoms with Crippen LogP contribution in [0, 0.1) is 6.92 Å². The minimum absolute atomic E-state index is 0.0550. The summed E-state index contributed by atoms with van der Waals surface area (Å²) in [6.45, 7) is 1.70. The van der Waals surface area contributed by atoms with Gasteiger partial charge in [0.15, 0.2) is 0 Å². The average Bonchev–Trinajstić information content (AvgIpc) is 2.98. The van der Waals surface area contributed by atoms with Gasteiger partial charge in [0.2, 0.25) is 10.0 Å². The number of hydroxylamine groups is 1. The van der Waals surface area contributed by atoms with Gasteiger partial charge in [0, 0.05) is 19.7 Å². The first-order chi connectivity index (χ1) is 10.3. The molecule has 2 rings (SSSR count). The summed E-state index contributed by atoms with van der Waals surface area (Å²) in [5, 5.41) is 0. The van der Waals surface area contributed by atoms with Crippen molar-refractivity contribution in [1.82, 2.24) is 9.79 Å². The third kappa shape index (κ3) is 3.66. The summed E-state index contributed by atoms with van der Waals surface area (Å²) in [6, 6.07) is 4.61. The van der Waals surface area contributed by atoms with Gasteiger partial charge in [-0.3, -0.25) is 9.63 Å². The zero-order chi connectivity index (χ0) is 16.3. The summed E-state index contributed by atoms with van der Waals surface area (Å²) in [5.41, 5.74) is 3.29. The maximum atomic E-state index is 12.3. The Balaban J connectivity index is 2.16. The van der Waals surface area contributed by atoms with E-state index in [1.54, 1.807) is 19.1 Å². The van der Waals surface area contributed by atoms with E-state index in [0.29, 0.717) is 5.56 Å². The van der Waals surface area contributed by atoms with E-state index < -0.39 is 15.9 Å². The Hall–Kier alpha value is -1.44. The number of rotatable bonds is 5. The first-order valence-corrected chi connectivity index (χ1v) is 8.75. The second-order valence-electron chi connectivity index (χ2n) is 5.72. The van der Waals surface area contributed by atoms with Gasteiger partial charge < -0.3 is 0 Å². The lowest BCUT2D eigenvalue weighted by molar-refractivity contribution is -0.0125. The molecule has 122 valence electrons. The van der Waals surface area contributed by atoms with Crippen LogP contribution in [-0.2, 0) is 14.9 Å². The molecule has 0 atom stereocenters. The van der Waals surface area contributed by atoms with Gasteiger partial charge in [0.05, 0.1) is 11.0 Å². The molecule has 1 N–H and O–H groups in total. The quantitative estimate of drug-likeness (QED) is 0.838. The monoisotopic (exact) mass is 326 g/mol. The molecule has 0 aliphatic heterocycles. The van der Waals surface area contributed by atoms with Crippen molar-refractivity contribution in [3.8, 4) is 0 Å². The number of nitrogens with one attached hydrogen (secondary N) is 1. The fourth-order valence-electron chi connectivity index (χ4n) is 2.42. The molecule has 1 saturated carbocycles. The van der Waals surface area contributed by atoms with Crippen LogP contribution in [0.3, 0.4) is 0 Å². The number of nitrogens with zero attached hydrogens (tertiary/aromatic N) is 1. The van der Waals surface area contributed by atoms with Crippen LogP contribution in [0.4, 0.5) is 0 Å².